The molecule has 5 heteroatoms. The van der Waals surface area contributed by atoms with Crippen LogP contribution in [-0.2, 0) is 13.5 Å². The Balaban J connectivity index is 1.11. The Kier molecular flexibility index (Phi) is 5.76. The summed E-state index contributed by atoms with van der Waals surface area (Å²) in [5, 5.41) is 2.48. The van der Waals surface area contributed by atoms with Crippen LogP contribution >= 0.6 is 0 Å². The minimum absolute atomic E-state index is 0.842. The van der Waals surface area contributed by atoms with Crippen LogP contribution in [0.1, 0.15) is 11.1 Å². The van der Waals surface area contributed by atoms with Gasteiger partial charge in [-0.2, -0.15) is 0 Å². The van der Waals surface area contributed by atoms with E-state index in [2.05, 4.69) is 173 Å². The molecule has 5 nitrogen and oxygen atoms in total. The molecule has 0 atom stereocenters. The molecular weight excluding hydrogens is 587 g/mol. The highest BCUT2D eigenvalue weighted by Gasteiger charge is 2.21. The Morgan fingerprint density at radius 1 is 0.562 bits per heavy atom. The highest BCUT2D eigenvalue weighted by molar-refractivity contribution is 6.10. The van der Waals surface area contributed by atoms with Crippen LogP contribution in [-0.4, -0.2) is 32.7 Å². The van der Waals surface area contributed by atoms with Crippen molar-refractivity contribution in [2.45, 2.75) is 6.42 Å². The smallest absolute Gasteiger partial charge is 0.140 e. The van der Waals surface area contributed by atoms with Gasteiger partial charge in [-0.25, -0.2) is 4.98 Å². The zero-order valence-corrected chi connectivity index (χ0v) is 26.9. The van der Waals surface area contributed by atoms with E-state index in [0.29, 0.717) is 0 Å². The number of fused-ring (bicyclic) bond motifs is 7. The van der Waals surface area contributed by atoms with Crippen molar-refractivity contribution in [1.29, 1.82) is 0 Å². The molecule has 2 aromatic heterocycles. The summed E-state index contributed by atoms with van der Waals surface area (Å²) < 4.78 is 4.68. The molecule has 48 heavy (non-hydrogen) atoms. The van der Waals surface area contributed by atoms with Crippen LogP contribution in [0.25, 0.3) is 72.2 Å². The molecule has 2 aliphatic rings. The second kappa shape index (κ2) is 10.2. The van der Waals surface area contributed by atoms with E-state index in [1.54, 1.807) is 0 Å². The average molecular weight is 620 g/mol. The first-order valence-corrected chi connectivity index (χ1v) is 16.6. The van der Waals surface area contributed by atoms with Gasteiger partial charge >= 0.3 is 0 Å². The number of aromatic nitrogens is 3. The van der Waals surface area contributed by atoms with Gasteiger partial charge in [0.15, 0.2) is 0 Å². The number of para-hydroxylation sites is 2. The zero-order valence-electron chi connectivity index (χ0n) is 26.9. The highest BCUT2D eigenvalue weighted by Crippen LogP contribution is 2.41. The zero-order chi connectivity index (χ0) is 31.9. The Morgan fingerprint density at radius 2 is 1.33 bits per heavy atom. The lowest BCUT2D eigenvalue weighted by molar-refractivity contribution is 0.496. The van der Waals surface area contributed by atoms with Gasteiger partial charge in [0.05, 0.1) is 28.7 Å². The van der Waals surface area contributed by atoms with E-state index in [0.717, 1.165) is 41.2 Å². The van der Waals surface area contributed by atoms with Crippen molar-refractivity contribution in [1.82, 2.24) is 19.0 Å². The predicted molar refractivity (Wildman–Crippen MR) is 198 cm³/mol. The molecule has 0 radical (unpaired) electrons. The van der Waals surface area contributed by atoms with E-state index in [1.807, 2.05) is 0 Å². The summed E-state index contributed by atoms with van der Waals surface area (Å²) in [4.78, 5) is 9.71. The van der Waals surface area contributed by atoms with Crippen molar-refractivity contribution in [2.24, 2.45) is 7.05 Å². The van der Waals surface area contributed by atoms with E-state index in [4.69, 9.17) is 4.98 Å². The molecule has 10 rings (SSSR count). The number of aryl methyl sites for hydroxylation is 1. The van der Waals surface area contributed by atoms with E-state index in [-0.39, 0.29) is 0 Å². The number of rotatable bonds is 4. The molecule has 0 saturated carbocycles. The molecule has 1 aliphatic heterocycles. The molecule has 230 valence electrons. The standard InChI is InChI=1S/C43H33N5/c1-45-21-22-47(27-45)32-10-7-11-33(26-32)48-40-16-6-5-13-37(40)38-20-18-30(25-41(38)48)43-44-39-15-8-14-36(42(39)46(43)2)29-17-19-35-31(24-29)23-28-9-3-4-12-34(28)35/h3-22,24-26H,23,27H2,1-2H3. The lowest BCUT2D eigenvalue weighted by atomic mass is 9.98. The Labute approximate surface area is 279 Å². The molecule has 0 bridgehead atoms. The fourth-order valence-electron chi connectivity index (χ4n) is 7.97. The maximum atomic E-state index is 5.24. The maximum absolute atomic E-state index is 5.24. The number of imidazole rings is 1. The first-order valence-electron chi connectivity index (χ1n) is 16.6. The third-order valence-corrected chi connectivity index (χ3v) is 10.2. The van der Waals surface area contributed by atoms with Gasteiger partial charge in [0.1, 0.15) is 5.82 Å². The lowest BCUT2D eigenvalue weighted by Gasteiger charge is -2.19. The topological polar surface area (TPSA) is 29.2 Å². The van der Waals surface area contributed by atoms with E-state index in [1.165, 1.54) is 60.9 Å². The third-order valence-electron chi connectivity index (χ3n) is 10.2. The number of hydrogen-bond donors (Lipinski definition) is 0. The van der Waals surface area contributed by atoms with Crippen molar-refractivity contribution >= 4 is 38.5 Å². The van der Waals surface area contributed by atoms with Gasteiger partial charge in [-0.3, -0.25) is 0 Å². The summed E-state index contributed by atoms with van der Waals surface area (Å²) in [5.41, 5.74) is 15.9. The molecule has 0 unspecified atom stereocenters. The molecule has 8 aromatic rings. The van der Waals surface area contributed by atoms with Gasteiger partial charge in [-0.05, 0) is 70.6 Å². The van der Waals surface area contributed by atoms with Crippen LogP contribution in [0.3, 0.4) is 0 Å². The first kappa shape index (κ1) is 27.1. The fourth-order valence-corrected chi connectivity index (χ4v) is 7.97. The van der Waals surface area contributed by atoms with Crippen LogP contribution in [0.2, 0.25) is 0 Å². The first-order chi connectivity index (χ1) is 23.6. The molecular formula is C43H33N5. The lowest BCUT2D eigenvalue weighted by Crippen LogP contribution is -2.21. The number of benzene rings is 6. The summed E-state index contributed by atoms with van der Waals surface area (Å²) in [6, 6.07) is 46.6. The summed E-state index contributed by atoms with van der Waals surface area (Å²) in [7, 11) is 4.25. The molecule has 0 saturated heterocycles. The largest absolute Gasteiger partial charge is 0.361 e. The van der Waals surface area contributed by atoms with Gasteiger partial charge < -0.3 is 18.9 Å². The van der Waals surface area contributed by atoms with Crippen molar-refractivity contribution in [3.05, 3.63) is 151 Å². The highest BCUT2D eigenvalue weighted by atomic mass is 15.3. The molecule has 3 heterocycles. The summed E-state index contributed by atoms with van der Waals surface area (Å²) in [6.45, 7) is 0.842. The van der Waals surface area contributed by atoms with Crippen LogP contribution in [0.15, 0.2) is 140 Å². The van der Waals surface area contributed by atoms with Crippen molar-refractivity contribution in [3.8, 4) is 39.3 Å². The Bertz CT molecular complexity index is 2620. The third kappa shape index (κ3) is 4.00. The summed E-state index contributed by atoms with van der Waals surface area (Å²) >= 11 is 0. The monoisotopic (exact) mass is 619 g/mol. The Hall–Kier alpha value is -6.07. The van der Waals surface area contributed by atoms with E-state index in [9.17, 15) is 0 Å². The van der Waals surface area contributed by atoms with Crippen molar-refractivity contribution in [3.63, 3.8) is 0 Å². The Morgan fingerprint density at radius 3 is 2.25 bits per heavy atom. The molecule has 0 N–H and O–H groups in total. The quantitative estimate of drug-likeness (QED) is 0.196. The van der Waals surface area contributed by atoms with Crippen LogP contribution in [0, 0.1) is 0 Å². The molecule has 0 spiro atoms. The summed E-state index contributed by atoms with van der Waals surface area (Å²) in [6.07, 6.45) is 5.24. The van der Waals surface area contributed by atoms with Gasteiger partial charge in [-0.1, -0.05) is 91.0 Å². The second-order valence-corrected chi connectivity index (χ2v) is 13.1. The summed E-state index contributed by atoms with van der Waals surface area (Å²) in [5.74, 6) is 0.962. The average Bonchev–Trinajstić information content (AvgIpc) is 3.89. The number of hydrogen-bond acceptors (Lipinski definition) is 3. The molecule has 1 aliphatic carbocycles. The van der Waals surface area contributed by atoms with Crippen molar-refractivity contribution < 1.29 is 0 Å². The SMILES string of the molecule is CN1C=CN(c2cccc(-n3c4ccccc4c4ccc(-c5nc6cccc(-c7ccc8c(c7)Cc7ccccc7-8)c6n5C)cc43)c2)C1. The van der Waals surface area contributed by atoms with Crippen molar-refractivity contribution in [2.75, 3.05) is 18.6 Å². The van der Waals surface area contributed by atoms with E-state index >= 15 is 0 Å². The minimum atomic E-state index is 0.842. The van der Waals surface area contributed by atoms with Gasteiger partial charge in [-0.15, -0.1) is 0 Å². The maximum Gasteiger partial charge on any atom is 0.140 e. The predicted octanol–water partition coefficient (Wildman–Crippen LogP) is 9.76. The van der Waals surface area contributed by atoms with Gasteiger partial charge in [0.2, 0.25) is 0 Å². The molecule has 0 amide bonds. The molecule has 6 aromatic carbocycles. The van der Waals surface area contributed by atoms with Gasteiger partial charge in [0.25, 0.3) is 0 Å². The number of nitrogens with zero attached hydrogens (tertiary/aromatic N) is 5. The van der Waals surface area contributed by atoms with Crippen LogP contribution in [0.4, 0.5) is 5.69 Å². The van der Waals surface area contributed by atoms with Gasteiger partial charge in [0, 0.05) is 59.8 Å². The van der Waals surface area contributed by atoms with E-state index < -0.39 is 0 Å². The van der Waals surface area contributed by atoms with Crippen LogP contribution in [0.5, 0.6) is 0 Å². The molecule has 0 fully saturated rings. The van der Waals surface area contributed by atoms with Crippen LogP contribution < -0.4 is 4.90 Å². The normalized spacial score (nSPS) is 13.7. The second-order valence-electron chi connectivity index (χ2n) is 13.1. The minimum Gasteiger partial charge on any atom is -0.361 e. The number of anilines is 1. The fraction of sp³-hybridized carbons (Fsp3) is 0.0930.